The van der Waals surface area contributed by atoms with Crippen LogP contribution in [0.3, 0.4) is 0 Å². The Morgan fingerprint density at radius 1 is 0.553 bits per heavy atom. The summed E-state index contributed by atoms with van der Waals surface area (Å²) in [7, 11) is 10.8. The minimum Gasteiger partial charge on any atom is -0.496 e. The lowest BCUT2D eigenvalue weighted by molar-refractivity contribution is -0.330. The third-order valence-electron chi connectivity index (χ3n) is 27.2. The van der Waals surface area contributed by atoms with Crippen molar-refractivity contribution in [1.29, 1.82) is 10.5 Å². The Morgan fingerprint density at radius 2 is 0.965 bits per heavy atom. The lowest BCUT2D eigenvalue weighted by atomic mass is 9.22. The van der Waals surface area contributed by atoms with E-state index in [1.165, 1.54) is 11.1 Å². The van der Waals surface area contributed by atoms with Crippen LogP contribution in [0.5, 0.6) is 11.5 Å². The monoisotopic (exact) mass is 1140 g/mol. The molecule has 5 saturated heterocycles. The van der Waals surface area contributed by atoms with Gasteiger partial charge in [-0.1, -0.05) is 79.7 Å². The number of ether oxygens (including phenoxy) is 8. The number of anilines is 1. The zero-order chi connectivity index (χ0) is 57.8. The van der Waals surface area contributed by atoms with Gasteiger partial charge in [0.25, 0.3) is 0 Å². The molecule has 13 heteroatoms. The molecule has 0 aromatic heterocycles. The maximum Gasteiger partial charge on any atom is 0.246 e. The van der Waals surface area contributed by atoms with Crippen molar-refractivity contribution in [3.05, 3.63) is 125 Å². The molecule has 22 atom stereocenters. The number of rotatable bonds is 14. The fourth-order valence-corrected chi connectivity index (χ4v) is 26.1. The normalized spacial score (nSPS) is 43.4. The third kappa shape index (κ3) is 4.97. The number of nitriles is 2. The van der Waals surface area contributed by atoms with Gasteiger partial charge in [0.1, 0.15) is 40.0 Å². The van der Waals surface area contributed by atoms with Gasteiger partial charge in [0.05, 0.1) is 70.8 Å². The average molecular weight is 1140 g/mol. The molecule has 5 aromatic carbocycles. The van der Waals surface area contributed by atoms with Gasteiger partial charge in [0.2, 0.25) is 11.8 Å². The van der Waals surface area contributed by atoms with Crippen LogP contribution in [-0.2, 0) is 44.4 Å². The number of carbonyl (C=O) groups is 2. The van der Waals surface area contributed by atoms with Crippen molar-refractivity contribution in [1.82, 2.24) is 0 Å². The molecule has 5 heterocycles. The predicted octanol–water partition coefficient (Wildman–Crippen LogP) is 10.7. The number of aryl methyl sites for hydroxylation is 1. The molecule has 0 spiro atoms. The Bertz CT molecular complexity index is 3690. The molecule has 0 radical (unpaired) electrons. The standard InChI is InChI=1S/C72H71N3O10/c1-8-35-19-21-39(22-20-35)75-65(76)71-61-57-58(68(32-79-3)43-27-42(67(57,68)31-78-2)51-40-23-24-41(52(43)51)48(40)38(29-73)30-74)62(84-61)72(71,66(75)77)64-60-59(63(71)85-64)69(33-80-4)44-28-45(70(60,69)34-81-5)54-50(37-17-13-10-14-18-37)56-47(83-7)26-25-46(82-6)55(56)49(53(44)54)36-15-11-9-12-16-36/h9-22,25-26,40-45,51-52,57-64H,8,23-24,27-28,31-34H2,1-7H3/t40-,41+,42-,43+,44-,45+,51+,52-,57+,58-,59-,60+,61+,62-,63-,64+,67-,68+,69-,70+,71-,72+. The molecule has 85 heavy (non-hydrogen) atoms. The van der Waals surface area contributed by atoms with Crippen LogP contribution in [0.15, 0.2) is 108 Å². The fourth-order valence-electron chi connectivity index (χ4n) is 26.1. The molecule has 7 saturated carbocycles. The van der Waals surface area contributed by atoms with Crippen molar-refractivity contribution >= 4 is 28.3 Å². The van der Waals surface area contributed by atoms with Crippen molar-refractivity contribution < 1.29 is 47.5 Å². The Kier molecular flexibility index (Phi) is 10.4. The van der Waals surface area contributed by atoms with E-state index >= 15 is 9.59 Å². The number of hydrogen-bond acceptors (Lipinski definition) is 12. The molecule has 10 bridgehead atoms. The van der Waals surface area contributed by atoms with Crippen LogP contribution in [0.4, 0.5) is 5.69 Å². The van der Waals surface area contributed by atoms with E-state index in [2.05, 4.69) is 91.9 Å². The summed E-state index contributed by atoms with van der Waals surface area (Å²) >= 11 is 0. The molecule has 0 unspecified atom stereocenters. The molecular formula is C72H71N3O10. The maximum atomic E-state index is 17.2. The van der Waals surface area contributed by atoms with Crippen molar-refractivity contribution in [2.24, 2.45) is 91.7 Å². The minimum absolute atomic E-state index is 0.0973. The van der Waals surface area contributed by atoms with E-state index in [1.807, 2.05) is 52.7 Å². The highest BCUT2D eigenvalue weighted by Crippen LogP contribution is 2.98. The number of nitrogens with zero attached hydrogens (tertiary/aromatic N) is 3. The highest BCUT2D eigenvalue weighted by molar-refractivity contribution is 6.27. The SMILES string of the molecule is CCc1ccc(N2C(=O)[C@@]34[C@@H]5O[C@@H]([C@@H]6[C@H]5[C@@]5(COC)[C@@H]7C[C@@H](c8c7c(-c7ccccc7)c7c(OC)ccc(OC)c7c8-c7ccccc7)[C@@]65COC)[C@]3(C2=O)[C@@H]2O[C@H]4[C@@H]3[C@H]2[C@]2(COC)[C@H]4C[C@H]([C@H]5[C@@H]4[C@H]4CC[C@@H]5C4=C(C#N)C#N)[C@]32COC)cc1. The molecular weight excluding hydrogens is 1070 g/mol. The predicted molar refractivity (Wildman–Crippen MR) is 313 cm³/mol. The number of allylic oxidation sites excluding steroid dienone is 2. The molecule has 5 aliphatic heterocycles. The van der Waals surface area contributed by atoms with Crippen LogP contribution in [0, 0.1) is 114 Å². The summed E-state index contributed by atoms with van der Waals surface area (Å²) in [5, 5.41) is 23.0. The van der Waals surface area contributed by atoms with E-state index in [0.29, 0.717) is 37.7 Å². The topological polar surface area (TPSA) is 159 Å². The summed E-state index contributed by atoms with van der Waals surface area (Å²) in [5.41, 5.74) is 5.04. The van der Waals surface area contributed by atoms with Crippen LogP contribution >= 0.6 is 0 Å². The molecule has 18 rings (SSSR count). The van der Waals surface area contributed by atoms with E-state index in [9.17, 15) is 10.5 Å². The second-order valence-electron chi connectivity index (χ2n) is 28.0. The molecule has 8 aliphatic carbocycles. The van der Waals surface area contributed by atoms with Crippen LogP contribution in [0.1, 0.15) is 61.1 Å². The zero-order valence-corrected chi connectivity index (χ0v) is 49.3. The summed E-state index contributed by atoms with van der Waals surface area (Å²) in [6.45, 7) is 3.83. The lowest BCUT2D eigenvalue weighted by Crippen LogP contribution is -2.85. The molecule has 2 amide bonds. The lowest BCUT2D eigenvalue weighted by Gasteiger charge is -2.78. The van der Waals surface area contributed by atoms with Crippen LogP contribution in [0.2, 0.25) is 0 Å². The van der Waals surface area contributed by atoms with E-state index in [4.69, 9.17) is 37.9 Å². The second kappa shape index (κ2) is 17.0. The number of methoxy groups -OCH3 is 6. The molecule has 5 aromatic rings. The Hall–Kier alpha value is -6.42. The Morgan fingerprint density at radius 3 is 1.35 bits per heavy atom. The first-order valence-electron chi connectivity index (χ1n) is 31.2. The number of amides is 2. The fraction of sp³-hybridized carbons (Fsp3) is 0.528. The number of carbonyl (C=O) groups excluding carboxylic acids is 2. The summed E-state index contributed by atoms with van der Waals surface area (Å²) in [4.78, 5) is 36.1. The van der Waals surface area contributed by atoms with E-state index in [-0.39, 0.29) is 82.8 Å². The zero-order valence-electron chi connectivity index (χ0n) is 49.3. The number of fused-ring (bicyclic) bond motifs is 35. The van der Waals surface area contributed by atoms with Crippen LogP contribution in [-0.4, -0.2) is 105 Å². The smallest absolute Gasteiger partial charge is 0.246 e. The quantitative estimate of drug-likeness (QED) is 0.0449. The van der Waals surface area contributed by atoms with Crippen molar-refractivity contribution in [2.45, 2.75) is 75.3 Å². The summed E-state index contributed by atoms with van der Waals surface area (Å²) < 4.78 is 55.8. The van der Waals surface area contributed by atoms with Crippen molar-refractivity contribution in [2.75, 3.05) is 74.0 Å². The minimum atomic E-state index is -1.39. The van der Waals surface area contributed by atoms with Gasteiger partial charge in [-0.2, -0.15) is 10.5 Å². The number of benzene rings is 5. The first-order chi connectivity index (χ1) is 41.6. The van der Waals surface area contributed by atoms with Crippen LogP contribution in [0.25, 0.3) is 33.0 Å². The third-order valence-corrected chi connectivity index (χ3v) is 27.2. The highest BCUT2D eigenvalue weighted by Gasteiger charge is 3.05. The van der Waals surface area contributed by atoms with Crippen molar-refractivity contribution in [3.63, 3.8) is 0 Å². The maximum absolute atomic E-state index is 17.2. The summed E-state index contributed by atoms with van der Waals surface area (Å²) in [5.74, 6) is 1.34. The summed E-state index contributed by atoms with van der Waals surface area (Å²) in [6.07, 6.45) is 1.83. The van der Waals surface area contributed by atoms with Gasteiger partial charge in [-0.05, 0) is 148 Å². The molecule has 12 fully saturated rings. The van der Waals surface area contributed by atoms with E-state index in [0.717, 1.165) is 87.8 Å². The largest absolute Gasteiger partial charge is 0.496 e. The van der Waals surface area contributed by atoms with Gasteiger partial charge in [0.15, 0.2) is 0 Å². The van der Waals surface area contributed by atoms with Crippen LogP contribution < -0.4 is 14.4 Å². The molecule has 13 aliphatic rings. The first kappa shape index (κ1) is 51.8. The van der Waals surface area contributed by atoms with Gasteiger partial charge in [-0.3, -0.25) is 9.59 Å². The highest BCUT2D eigenvalue weighted by atomic mass is 16.6. The van der Waals surface area contributed by atoms with Gasteiger partial charge in [-0.15, -0.1) is 0 Å². The Balaban J connectivity index is 0.897. The van der Waals surface area contributed by atoms with Crippen molar-refractivity contribution in [3.8, 4) is 45.9 Å². The van der Waals surface area contributed by atoms with Gasteiger partial charge < -0.3 is 37.9 Å². The molecule has 0 N–H and O–H groups in total. The Labute approximate surface area is 495 Å². The number of imide groups is 1. The number of hydrogen-bond donors (Lipinski definition) is 0. The van der Waals surface area contributed by atoms with E-state index < -0.39 is 56.9 Å². The first-order valence-corrected chi connectivity index (χ1v) is 31.2. The summed E-state index contributed by atoms with van der Waals surface area (Å²) in [6, 6.07) is 38.3. The van der Waals surface area contributed by atoms with Gasteiger partial charge in [-0.25, -0.2) is 4.90 Å². The van der Waals surface area contributed by atoms with E-state index in [1.54, 1.807) is 19.1 Å². The van der Waals surface area contributed by atoms with Gasteiger partial charge in [0, 0.05) is 84.5 Å². The molecule has 434 valence electrons. The molecule has 13 nitrogen and oxygen atoms in total. The van der Waals surface area contributed by atoms with Gasteiger partial charge >= 0.3 is 0 Å². The average Bonchev–Trinajstić information content (AvgIpc) is 1.40. The second-order valence-corrected chi connectivity index (χ2v) is 28.0.